The zero-order valence-corrected chi connectivity index (χ0v) is 10.2. The standard InChI is InChI=1S/C12H25N3/c1-11(9-13-2)15-7-5-14(6-8-15)10-12-3-4-12/h11-13H,3-10H2,1-2H3. The fraction of sp³-hybridized carbons (Fsp3) is 1.00. The van der Waals surface area contributed by atoms with Gasteiger partial charge in [-0.1, -0.05) is 0 Å². The first-order chi connectivity index (χ1) is 7.29. The van der Waals surface area contributed by atoms with Crippen molar-refractivity contribution >= 4 is 0 Å². The molecule has 1 atom stereocenters. The molecule has 0 radical (unpaired) electrons. The van der Waals surface area contributed by atoms with Gasteiger partial charge in [-0.3, -0.25) is 4.90 Å². The molecule has 1 saturated heterocycles. The minimum atomic E-state index is 0.693. The molecular formula is C12H25N3. The molecule has 0 amide bonds. The molecule has 1 unspecified atom stereocenters. The molecule has 15 heavy (non-hydrogen) atoms. The van der Waals surface area contributed by atoms with Gasteiger partial charge in [0.05, 0.1) is 0 Å². The van der Waals surface area contributed by atoms with Gasteiger partial charge in [-0.25, -0.2) is 0 Å². The molecule has 3 nitrogen and oxygen atoms in total. The second-order valence-corrected chi connectivity index (χ2v) is 5.19. The summed E-state index contributed by atoms with van der Waals surface area (Å²) in [5.74, 6) is 1.05. The first-order valence-electron chi connectivity index (χ1n) is 6.40. The van der Waals surface area contributed by atoms with Crippen molar-refractivity contribution in [2.45, 2.75) is 25.8 Å². The van der Waals surface area contributed by atoms with Gasteiger partial charge in [-0.2, -0.15) is 0 Å². The Morgan fingerprint density at radius 2 is 1.87 bits per heavy atom. The zero-order chi connectivity index (χ0) is 10.7. The van der Waals surface area contributed by atoms with E-state index in [2.05, 4.69) is 22.0 Å². The van der Waals surface area contributed by atoms with Crippen molar-refractivity contribution in [1.29, 1.82) is 0 Å². The van der Waals surface area contributed by atoms with Crippen LogP contribution in [0.4, 0.5) is 0 Å². The lowest BCUT2D eigenvalue weighted by atomic mass is 10.2. The first-order valence-corrected chi connectivity index (χ1v) is 6.40. The van der Waals surface area contributed by atoms with Crippen molar-refractivity contribution in [1.82, 2.24) is 15.1 Å². The quantitative estimate of drug-likeness (QED) is 0.719. The van der Waals surface area contributed by atoms with Gasteiger partial charge in [-0.15, -0.1) is 0 Å². The summed E-state index contributed by atoms with van der Waals surface area (Å²) in [5, 5.41) is 3.26. The Kier molecular flexibility index (Phi) is 4.00. The van der Waals surface area contributed by atoms with Crippen LogP contribution in [0.25, 0.3) is 0 Å². The van der Waals surface area contributed by atoms with Crippen LogP contribution in [0.5, 0.6) is 0 Å². The molecule has 0 aromatic heterocycles. The largest absolute Gasteiger partial charge is 0.318 e. The van der Waals surface area contributed by atoms with E-state index in [0.717, 1.165) is 12.5 Å². The van der Waals surface area contributed by atoms with Crippen LogP contribution in [0.1, 0.15) is 19.8 Å². The molecular weight excluding hydrogens is 186 g/mol. The normalized spacial score (nSPS) is 26.8. The Labute approximate surface area is 93.8 Å². The van der Waals surface area contributed by atoms with Crippen LogP contribution in [0.15, 0.2) is 0 Å². The average molecular weight is 211 g/mol. The molecule has 2 aliphatic rings. The summed E-state index contributed by atoms with van der Waals surface area (Å²) in [7, 11) is 2.04. The zero-order valence-electron chi connectivity index (χ0n) is 10.2. The third kappa shape index (κ3) is 3.44. The number of likely N-dealkylation sites (N-methyl/N-ethyl adjacent to an activating group) is 1. The smallest absolute Gasteiger partial charge is 0.0193 e. The van der Waals surface area contributed by atoms with E-state index in [4.69, 9.17) is 0 Å². The average Bonchev–Trinajstić information content (AvgIpc) is 3.03. The van der Waals surface area contributed by atoms with E-state index in [0.29, 0.717) is 6.04 Å². The third-order valence-corrected chi connectivity index (χ3v) is 3.74. The van der Waals surface area contributed by atoms with Crippen LogP contribution in [0, 0.1) is 5.92 Å². The lowest BCUT2D eigenvalue weighted by Crippen LogP contribution is -2.51. The Morgan fingerprint density at radius 3 is 2.40 bits per heavy atom. The van der Waals surface area contributed by atoms with Crippen molar-refractivity contribution in [3.05, 3.63) is 0 Å². The number of piperazine rings is 1. The molecule has 0 bridgehead atoms. The van der Waals surface area contributed by atoms with Gasteiger partial charge in [-0.05, 0) is 32.7 Å². The van der Waals surface area contributed by atoms with Crippen LogP contribution >= 0.6 is 0 Å². The van der Waals surface area contributed by atoms with Crippen LogP contribution in [0.3, 0.4) is 0 Å². The van der Waals surface area contributed by atoms with Crippen molar-refractivity contribution in [3.8, 4) is 0 Å². The van der Waals surface area contributed by atoms with Crippen molar-refractivity contribution in [3.63, 3.8) is 0 Å². The van der Waals surface area contributed by atoms with Crippen molar-refractivity contribution < 1.29 is 0 Å². The highest BCUT2D eigenvalue weighted by Crippen LogP contribution is 2.29. The molecule has 2 rings (SSSR count). The van der Waals surface area contributed by atoms with E-state index in [-0.39, 0.29) is 0 Å². The van der Waals surface area contributed by atoms with Crippen LogP contribution in [-0.2, 0) is 0 Å². The minimum absolute atomic E-state index is 0.693. The predicted octanol–water partition coefficient (Wildman–Crippen LogP) is 0.622. The summed E-state index contributed by atoms with van der Waals surface area (Å²) >= 11 is 0. The van der Waals surface area contributed by atoms with Gasteiger partial charge < -0.3 is 10.2 Å². The molecule has 1 aliphatic heterocycles. The van der Waals surface area contributed by atoms with E-state index in [9.17, 15) is 0 Å². The molecule has 1 aliphatic carbocycles. The molecule has 1 N–H and O–H groups in total. The summed E-state index contributed by atoms with van der Waals surface area (Å²) < 4.78 is 0. The van der Waals surface area contributed by atoms with E-state index < -0.39 is 0 Å². The third-order valence-electron chi connectivity index (χ3n) is 3.74. The monoisotopic (exact) mass is 211 g/mol. The van der Waals surface area contributed by atoms with Gasteiger partial charge in [0.25, 0.3) is 0 Å². The Morgan fingerprint density at radius 1 is 1.20 bits per heavy atom. The van der Waals surface area contributed by atoms with Gasteiger partial charge >= 0.3 is 0 Å². The lowest BCUT2D eigenvalue weighted by Gasteiger charge is -2.38. The Hall–Kier alpha value is -0.120. The Balaban J connectivity index is 1.66. The molecule has 0 aromatic carbocycles. The summed E-state index contributed by atoms with van der Waals surface area (Å²) in [6.45, 7) is 9.89. The maximum absolute atomic E-state index is 3.26. The summed E-state index contributed by atoms with van der Waals surface area (Å²) in [4.78, 5) is 5.26. The van der Waals surface area contributed by atoms with Crippen LogP contribution < -0.4 is 5.32 Å². The molecule has 1 heterocycles. The molecule has 1 saturated carbocycles. The highest BCUT2D eigenvalue weighted by Gasteiger charge is 2.27. The minimum Gasteiger partial charge on any atom is -0.318 e. The molecule has 88 valence electrons. The summed E-state index contributed by atoms with van der Waals surface area (Å²) in [5.41, 5.74) is 0. The van der Waals surface area contributed by atoms with Gasteiger partial charge in [0.1, 0.15) is 0 Å². The fourth-order valence-corrected chi connectivity index (χ4v) is 2.48. The van der Waals surface area contributed by atoms with Gasteiger partial charge in [0, 0.05) is 45.3 Å². The van der Waals surface area contributed by atoms with E-state index in [1.807, 2.05) is 7.05 Å². The Bertz CT molecular complexity index is 183. The predicted molar refractivity (Wildman–Crippen MR) is 64.1 cm³/mol. The van der Waals surface area contributed by atoms with Crippen LogP contribution in [0.2, 0.25) is 0 Å². The highest BCUT2D eigenvalue weighted by atomic mass is 15.3. The van der Waals surface area contributed by atoms with Crippen molar-refractivity contribution in [2.75, 3.05) is 46.3 Å². The van der Waals surface area contributed by atoms with Gasteiger partial charge in [0.15, 0.2) is 0 Å². The second kappa shape index (κ2) is 5.28. The maximum Gasteiger partial charge on any atom is 0.0193 e. The maximum atomic E-state index is 3.26. The van der Waals surface area contributed by atoms with Gasteiger partial charge in [0.2, 0.25) is 0 Å². The summed E-state index contributed by atoms with van der Waals surface area (Å²) in [6, 6.07) is 0.693. The number of nitrogens with zero attached hydrogens (tertiary/aromatic N) is 2. The van der Waals surface area contributed by atoms with E-state index in [1.54, 1.807) is 0 Å². The molecule has 3 heteroatoms. The first kappa shape index (κ1) is 11.4. The molecule has 0 aromatic rings. The van der Waals surface area contributed by atoms with E-state index in [1.165, 1.54) is 45.6 Å². The van der Waals surface area contributed by atoms with E-state index >= 15 is 0 Å². The number of hydrogen-bond donors (Lipinski definition) is 1. The molecule has 2 fully saturated rings. The molecule has 0 spiro atoms. The SMILES string of the molecule is CNCC(C)N1CCN(CC2CC2)CC1. The topological polar surface area (TPSA) is 18.5 Å². The van der Waals surface area contributed by atoms with Crippen molar-refractivity contribution in [2.24, 2.45) is 5.92 Å². The second-order valence-electron chi connectivity index (χ2n) is 5.19. The van der Waals surface area contributed by atoms with Crippen LogP contribution in [-0.4, -0.2) is 62.2 Å². The number of nitrogens with one attached hydrogen (secondary N) is 1. The fourth-order valence-electron chi connectivity index (χ4n) is 2.48. The highest BCUT2D eigenvalue weighted by molar-refractivity contribution is 4.82. The lowest BCUT2D eigenvalue weighted by molar-refractivity contribution is 0.0994. The number of rotatable bonds is 5. The number of hydrogen-bond acceptors (Lipinski definition) is 3. The summed E-state index contributed by atoms with van der Waals surface area (Å²) in [6.07, 6.45) is 2.97.